The van der Waals surface area contributed by atoms with Crippen LogP contribution in [0.5, 0.6) is 0 Å². The van der Waals surface area contributed by atoms with Crippen molar-refractivity contribution in [3.63, 3.8) is 0 Å². The first kappa shape index (κ1) is 26.4. The van der Waals surface area contributed by atoms with Gasteiger partial charge >= 0.3 is 12.2 Å². The molecule has 1 amide bonds. The summed E-state index contributed by atoms with van der Waals surface area (Å²) in [5.74, 6) is 0.307. The Kier molecular flexibility index (Phi) is 7.66. The number of fused-ring (bicyclic) bond motifs is 1. The Morgan fingerprint density at radius 2 is 1.91 bits per heavy atom. The van der Waals surface area contributed by atoms with Gasteiger partial charge in [-0.15, -0.1) is 0 Å². The molecule has 0 aliphatic rings. The molecule has 0 aromatic carbocycles. The number of hydrogen-bond donors (Lipinski definition) is 2. The number of carbonyl (C=O) groups excluding carboxylic acids is 1. The zero-order chi connectivity index (χ0) is 26.0. The van der Waals surface area contributed by atoms with Crippen LogP contribution in [0.4, 0.5) is 20.7 Å². The number of nitrogens with two attached hydrogens (primary N) is 1. The number of unbranched alkanes of at least 4 members (excludes halogenated alkanes) is 1. The van der Waals surface area contributed by atoms with Crippen molar-refractivity contribution in [2.45, 2.75) is 92.3 Å². The van der Waals surface area contributed by atoms with Crippen LogP contribution >= 0.6 is 0 Å². The zero-order valence-electron chi connectivity index (χ0n) is 21.7. The van der Waals surface area contributed by atoms with Gasteiger partial charge < -0.3 is 20.4 Å². The minimum absolute atomic E-state index is 0.189. The van der Waals surface area contributed by atoms with E-state index in [4.69, 9.17) is 10.5 Å². The topological polar surface area (TPSA) is 126 Å². The van der Waals surface area contributed by atoms with Gasteiger partial charge in [-0.25, -0.2) is 9.78 Å². The van der Waals surface area contributed by atoms with Gasteiger partial charge in [0.1, 0.15) is 6.10 Å². The second-order valence-corrected chi connectivity index (χ2v) is 10.8. The van der Waals surface area contributed by atoms with Gasteiger partial charge in [0.25, 0.3) is 0 Å². The Bertz CT molecular complexity index is 1170. The van der Waals surface area contributed by atoms with Crippen LogP contribution in [0, 0.1) is 11.5 Å². The predicted octanol–water partition coefficient (Wildman–Crippen LogP) is 4.90. The molecule has 10 nitrogen and oxygen atoms in total. The van der Waals surface area contributed by atoms with Crippen molar-refractivity contribution in [3.8, 4) is 0 Å². The quantitative estimate of drug-likeness (QED) is 0.324. The summed E-state index contributed by atoms with van der Waals surface area (Å²) in [5, 5.41) is 7.89. The van der Waals surface area contributed by atoms with Crippen LogP contribution in [0.3, 0.4) is 0 Å². The number of anilines is 2. The number of amides is 1. The number of nitrogens with zero attached hydrogens (tertiary/aromatic N) is 6. The fraction of sp³-hybridized carbons (Fsp3) is 0.625. The van der Waals surface area contributed by atoms with E-state index in [1.807, 2.05) is 63.9 Å². The van der Waals surface area contributed by atoms with E-state index in [1.165, 1.54) is 0 Å². The number of aromatic nitrogens is 6. The van der Waals surface area contributed by atoms with Gasteiger partial charge in [-0.05, 0) is 51.9 Å². The summed E-state index contributed by atoms with van der Waals surface area (Å²) >= 11 is 0. The molecule has 3 aromatic rings. The molecule has 11 heteroatoms. The van der Waals surface area contributed by atoms with Crippen molar-refractivity contribution in [1.82, 2.24) is 29.3 Å². The minimum Gasteiger partial charge on any atom is -0.446 e. The maximum atomic E-state index is 14.3. The first-order valence-corrected chi connectivity index (χ1v) is 12.0. The number of aryl methyl sites for hydroxylation is 2. The van der Waals surface area contributed by atoms with Crippen LogP contribution in [0.25, 0.3) is 11.2 Å². The van der Waals surface area contributed by atoms with Crippen LogP contribution in [0.2, 0.25) is 0 Å². The molecule has 0 bridgehead atoms. The molecule has 0 fully saturated rings. The van der Waals surface area contributed by atoms with Gasteiger partial charge in [0, 0.05) is 18.3 Å². The number of nitrogens with one attached hydrogen (secondary N) is 1. The normalized spacial score (nSPS) is 13.3. The van der Waals surface area contributed by atoms with Crippen molar-refractivity contribution in [3.05, 3.63) is 24.3 Å². The summed E-state index contributed by atoms with van der Waals surface area (Å²) in [4.78, 5) is 23.6. The predicted molar refractivity (Wildman–Crippen MR) is 133 cm³/mol. The number of rotatable bonds is 9. The van der Waals surface area contributed by atoms with Gasteiger partial charge in [0.05, 0.1) is 17.7 Å². The molecule has 1 atom stereocenters. The molecule has 0 spiro atoms. The van der Waals surface area contributed by atoms with Crippen molar-refractivity contribution in [2.24, 2.45) is 11.1 Å². The SMILES string of the molecule is CCc1nn(CCCCC(OC(N)=O)C(C)(C)C)cc1Nc1nc(F)nc2c1ncn2C(C)(C)C. The van der Waals surface area contributed by atoms with Crippen LogP contribution in [-0.2, 0) is 23.2 Å². The molecule has 3 rings (SSSR count). The summed E-state index contributed by atoms with van der Waals surface area (Å²) in [5.41, 5.74) is 7.27. The lowest BCUT2D eigenvalue weighted by Crippen LogP contribution is -2.33. The lowest BCUT2D eigenvalue weighted by Gasteiger charge is -2.29. The first-order chi connectivity index (χ1) is 16.3. The number of primary amides is 1. The fourth-order valence-corrected chi connectivity index (χ4v) is 3.93. The van der Waals surface area contributed by atoms with E-state index >= 15 is 0 Å². The average molecular weight is 489 g/mol. The highest BCUT2D eigenvalue weighted by atomic mass is 19.1. The van der Waals surface area contributed by atoms with Gasteiger partial charge in [-0.3, -0.25) is 4.68 Å². The Morgan fingerprint density at radius 1 is 1.20 bits per heavy atom. The van der Waals surface area contributed by atoms with E-state index in [1.54, 1.807) is 6.33 Å². The molecular formula is C24H37FN8O2. The molecule has 0 aliphatic carbocycles. The number of carbonyl (C=O) groups is 1. The third-order valence-corrected chi connectivity index (χ3v) is 5.85. The Balaban J connectivity index is 1.73. The minimum atomic E-state index is -0.817. The van der Waals surface area contributed by atoms with Gasteiger partial charge in [-0.1, -0.05) is 27.7 Å². The second kappa shape index (κ2) is 10.2. The molecule has 0 saturated carbocycles. The molecule has 35 heavy (non-hydrogen) atoms. The van der Waals surface area contributed by atoms with E-state index in [2.05, 4.69) is 25.4 Å². The monoisotopic (exact) mass is 488 g/mol. The van der Waals surface area contributed by atoms with E-state index in [0.717, 1.165) is 24.2 Å². The first-order valence-electron chi connectivity index (χ1n) is 12.0. The smallest absolute Gasteiger partial charge is 0.404 e. The average Bonchev–Trinajstić information content (AvgIpc) is 3.32. The molecule has 3 N–H and O–H groups in total. The summed E-state index contributed by atoms with van der Waals surface area (Å²) < 4.78 is 23.3. The van der Waals surface area contributed by atoms with Crippen LogP contribution in [-0.4, -0.2) is 41.5 Å². The largest absolute Gasteiger partial charge is 0.446 e. The fourth-order valence-electron chi connectivity index (χ4n) is 3.93. The Hall–Kier alpha value is -3.24. The van der Waals surface area contributed by atoms with Gasteiger partial charge in [0.15, 0.2) is 17.0 Å². The lowest BCUT2D eigenvalue weighted by molar-refractivity contribution is 0.0296. The number of ether oxygens (including phenoxy) is 1. The third-order valence-electron chi connectivity index (χ3n) is 5.85. The lowest BCUT2D eigenvalue weighted by atomic mass is 9.86. The van der Waals surface area contributed by atoms with Crippen molar-refractivity contribution < 1.29 is 13.9 Å². The standard InChI is InChI=1S/C24H37FN8O2/c1-8-15-16(13-32(31-15)12-10-9-11-17(23(2,3)4)35-22(26)34)28-19-18-20(30-21(25)29-19)33(14-27-18)24(5,6)7/h13-14,17H,8-12H2,1-7H3,(H2,26,34)(H,28,29,30). The molecule has 0 aliphatic heterocycles. The van der Waals surface area contributed by atoms with E-state index < -0.39 is 12.2 Å². The highest BCUT2D eigenvalue weighted by molar-refractivity contribution is 5.85. The molecule has 0 saturated heterocycles. The summed E-state index contributed by atoms with van der Waals surface area (Å²) in [6.07, 6.45) is 4.85. The maximum Gasteiger partial charge on any atom is 0.404 e. The third kappa shape index (κ3) is 6.46. The maximum absolute atomic E-state index is 14.3. The molecule has 192 valence electrons. The second-order valence-electron chi connectivity index (χ2n) is 10.8. The zero-order valence-corrected chi connectivity index (χ0v) is 21.7. The summed E-state index contributed by atoms with van der Waals surface area (Å²) in [6.45, 7) is 14.8. The number of halogens is 1. The molecular weight excluding hydrogens is 451 g/mol. The summed E-state index contributed by atoms with van der Waals surface area (Å²) in [7, 11) is 0. The molecule has 3 aromatic heterocycles. The summed E-state index contributed by atoms with van der Waals surface area (Å²) in [6, 6.07) is 0. The van der Waals surface area contributed by atoms with Gasteiger partial charge in [0.2, 0.25) is 0 Å². The Labute approximate surface area is 205 Å². The number of hydrogen-bond acceptors (Lipinski definition) is 7. The number of imidazole rings is 1. The van der Waals surface area contributed by atoms with E-state index in [-0.39, 0.29) is 17.1 Å². The van der Waals surface area contributed by atoms with Crippen molar-refractivity contribution in [1.29, 1.82) is 0 Å². The van der Waals surface area contributed by atoms with Crippen molar-refractivity contribution in [2.75, 3.05) is 5.32 Å². The Morgan fingerprint density at radius 3 is 2.51 bits per heavy atom. The van der Waals surface area contributed by atoms with Crippen molar-refractivity contribution >= 4 is 28.8 Å². The van der Waals surface area contributed by atoms with Crippen LogP contribution < -0.4 is 11.1 Å². The van der Waals surface area contributed by atoms with Gasteiger partial charge in [-0.2, -0.15) is 19.5 Å². The molecule has 3 heterocycles. The molecule has 1 unspecified atom stereocenters. The molecule has 0 radical (unpaired) electrons. The highest BCUT2D eigenvalue weighted by Gasteiger charge is 2.27. The van der Waals surface area contributed by atoms with Crippen LogP contribution in [0.15, 0.2) is 12.5 Å². The van der Waals surface area contributed by atoms with Crippen LogP contribution in [0.1, 0.15) is 73.4 Å². The van der Waals surface area contributed by atoms with E-state index in [0.29, 0.717) is 36.4 Å². The highest BCUT2D eigenvalue weighted by Crippen LogP contribution is 2.29. The van der Waals surface area contributed by atoms with E-state index in [9.17, 15) is 9.18 Å².